The minimum atomic E-state index is -3.32. The predicted molar refractivity (Wildman–Crippen MR) is 66.1 cm³/mol. The molecule has 1 aliphatic carbocycles. The van der Waals surface area contributed by atoms with Gasteiger partial charge in [0, 0.05) is 0 Å². The van der Waals surface area contributed by atoms with Crippen molar-refractivity contribution in [3.8, 4) is 0 Å². The molecule has 119 valence electrons. The zero-order chi connectivity index (χ0) is 13.4. The Bertz CT molecular complexity index is 358. The molecule has 0 saturated heterocycles. The van der Waals surface area contributed by atoms with Crippen LogP contribution in [0.2, 0.25) is 3.72 Å². The molecule has 3 nitrogen and oxygen atoms in total. The summed E-state index contributed by atoms with van der Waals surface area (Å²) in [6.45, 7) is 10.8. The molecule has 1 rings (SSSR count). The third-order valence-corrected chi connectivity index (χ3v) is 10.2. The third-order valence-electron chi connectivity index (χ3n) is 4.61. The minimum absolute atomic E-state index is 0. The molecule has 0 unspecified atom stereocenters. The molecule has 20 heavy (non-hydrogen) atoms. The van der Waals surface area contributed by atoms with Gasteiger partial charge in [0.2, 0.25) is 0 Å². The van der Waals surface area contributed by atoms with Gasteiger partial charge in [-0.25, -0.2) is 0 Å². The molecule has 0 aliphatic heterocycles. The average Bonchev–Trinajstić information content (AvgIpc) is 2.49. The van der Waals surface area contributed by atoms with Crippen LogP contribution in [0.25, 0.3) is 0 Å². The van der Waals surface area contributed by atoms with Gasteiger partial charge in [0.05, 0.1) is 0 Å². The topological polar surface area (TPSA) is 27.7 Å². The van der Waals surface area contributed by atoms with Crippen molar-refractivity contribution < 1.29 is 64.9 Å². The Labute approximate surface area is 146 Å². The quantitative estimate of drug-likeness (QED) is 0.455. The van der Waals surface area contributed by atoms with Crippen LogP contribution in [-0.4, -0.2) is 21.3 Å². The standard InChI is InChI=1S/C10H15.3CH3O.3ClH.Ti/c1-6-7(2)9(4)10(5)8(6)3;3*1-2;;;;/h1-5H3;3*1H3;3*1H;/q;3*-1;;;;+6/p-3. The Kier molecular flexibility index (Phi) is 11.9. The van der Waals surface area contributed by atoms with Crippen LogP contribution in [-0.2, 0) is 27.7 Å². The molecule has 0 fully saturated rings. The molecule has 0 atom stereocenters. The van der Waals surface area contributed by atoms with Crippen molar-refractivity contribution in [1.82, 2.24) is 0 Å². The van der Waals surface area contributed by atoms with Crippen LogP contribution in [0.5, 0.6) is 0 Å². The molecule has 0 aromatic carbocycles. The van der Waals surface area contributed by atoms with E-state index in [4.69, 9.17) is 9.96 Å². The normalized spacial score (nSPS) is 16.6. The SMILES string of the molecule is C[O][Ti+3]([O]C)([O]C)[C]1(C)C(C)=C(C)C(C)=C1C.[Cl-].[Cl-].[Cl-]. The second kappa shape index (κ2) is 9.17. The molecule has 0 heterocycles. The Balaban J connectivity index is -0.000000963. The van der Waals surface area contributed by atoms with Gasteiger partial charge in [0.1, 0.15) is 0 Å². The summed E-state index contributed by atoms with van der Waals surface area (Å²) in [6.07, 6.45) is 0. The van der Waals surface area contributed by atoms with Crippen molar-refractivity contribution in [1.29, 1.82) is 0 Å². The van der Waals surface area contributed by atoms with Crippen molar-refractivity contribution >= 4 is 0 Å². The fraction of sp³-hybridized carbons (Fsp3) is 0.692. The predicted octanol–water partition coefficient (Wildman–Crippen LogP) is -5.30. The van der Waals surface area contributed by atoms with Crippen molar-refractivity contribution in [2.24, 2.45) is 0 Å². The second-order valence-corrected chi connectivity index (χ2v) is 10.0. The summed E-state index contributed by atoms with van der Waals surface area (Å²) in [7, 11) is 5.09. The van der Waals surface area contributed by atoms with Crippen molar-refractivity contribution in [3.63, 3.8) is 0 Å². The smallest absolute Gasteiger partial charge is 1.00 e. The van der Waals surface area contributed by atoms with Gasteiger partial charge >= 0.3 is 110 Å². The Morgan fingerprint density at radius 1 is 0.700 bits per heavy atom. The van der Waals surface area contributed by atoms with Gasteiger partial charge in [-0.1, -0.05) is 0 Å². The first-order valence-electron chi connectivity index (χ1n) is 5.84. The summed E-state index contributed by atoms with van der Waals surface area (Å²) in [4.78, 5) is 0. The first kappa shape index (κ1) is 25.9. The number of hydrogen-bond donors (Lipinski definition) is 0. The van der Waals surface area contributed by atoms with Gasteiger partial charge in [0.15, 0.2) is 0 Å². The van der Waals surface area contributed by atoms with Crippen LogP contribution < -0.4 is 37.2 Å². The maximum absolute atomic E-state index is 5.74. The number of halogens is 3. The van der Waals surface area contributed by atoms with Crippen molar-refractivity contribution in [2.75, 3.05) is 21.3 Å². The third kappa shape index (κ3) is 3.31. The Morgan fingerprint density at radius 2 is 0.950 bits per heavy atom. The Morgan fingerprint density at radius 3 is 1.15 bits per heavy atom. The summed E-state index contributed by atoms with van der Waals surface area (Å²) in [6, 6.07) is 0. The first-order chi connectivity index (χ1) is 7.82. The summed E-state index contributed by atoms with van der Waals surface area (Å²) in [5.41, 5.74) is 5.31. The molecule has 1 aliphatic rings. The number of allylic oxidation sites excluding steroid dienone is 4. The number of rotatable bonds is 4. The molecule has 0 aromatic heterocycles. The summed E-state index contributed by atoms with van der Waals surface area (Å²) in [5.74, 6) is 0. The van der Waals surface area contributed by atoms with Gasteiger partial charge in [-0.2, -0.15) is 0 Å². The molecule has 0 saturated carbocycles. The molecule has 0 aromatic rings. The fourth-order valence-electron chi connectivity index (χ4n) is 2.92. The van der Waals surface area contributed by atoms with Crippen LogP contribution >= 0.6 is 0 Å². The number of hydrogen-bond acceptors (Lipinski definition) is 3. The van der Waals surface area contributed by atoms with Gasteiger partial charge in [-0.3, -0.25) is 0 Å². The summed E-state index contributed by atoms with van der Waals surface area (Å²) >= 11 is -3.32. The van der Waals surface area contributed by atoms with E-state index in [1.54, 1.807) is 21.3 Å². The minimum Gasteiger partial charge on any atom is -1.00 e. The Hall–Kier alpha value is 0.944. The van der Waals surface area contributed by atoms with E-state index in [1.807, 2.05) is 0 Å². The summed E-state index contributed by atoms with van der Waals surface area (Å²) < 4.78 is 17.0. The first-order valence-corrected chi connectivity index (χ1v) is 8.53. The maximum atomic E-state index is 5.74. The van der Waals surface area contributed by atoms with Gasteiger partial charge in [0.25, 0.3) is 0 Å². The van der Waals surface area contributed by atoms with Gasteiger partial charge in [-0.05, 0) is 0 Å². The zero-order valence-electron chi connectivity index (χ0n) is 13.4. The van der Waals surface area contributed by atoms with E-state index in [9.17, 15) is 0 Å². The van der Waals surface area contributed by atoms with E-state index >= 15 is 0 Å². The molecule has 0 radical (unpaired) electrons. The van der Waals surface area contributed by atoms with Crippen LogP contribution in [0, 0.1) is 0 Å². The van der Waals surface area contributed by atoms with Crippen LogP contribution in [0.1, 0.15) is 34.6 Å². The van der Waals surface area contributed by atoms with E-state index in [0.717, 1.165) is 0 Å². The van der Waals surface area contributed by atoms with Crippen molar-refractivity contribution in [2.45, 2.75) is 38.3 Å². The van der Waals surface area contributed by atoms with Crippen LogP contribution in [0.3, 0.4) is 0 Å². The molecule has 0 N–H and O–H groups in total. The average molecular weight is 383 g/mol. The monoisotopic (exact) mass is 381 g/mol. The van der Waals surface area contributed by atoms with E-state index in [1.165, 1.54) is 22.3 Å². The maximum Gasteiger partial charge on any atom is -1.00 e. The van der Waals surface area contributed by atoms with Gasteiger partial charge < -0.3 is 37.2 Å². The van der Waals surface area contributed by atoms with Gasteiger partial charge in [-0.15, -0.1) is 0 Å². The van der Waals surface area contributed by atoms with Crippen molar-refractivity contribution in [3.05, 3.63) is 22.3 Å². The molecule has 7 heteroatoms. The molecule has 0 spiro atoms. The summed E-state index contributed by atoms with van der Waals surface area (Å²) in [5, 5.41) is 0. The molecular formula is C13H24Cl3O3Ti. The largest absolute Gasteiger partial charge is 1.00 e. The van der Waals surface area contributed by atoms with Crippen LogP contribution in [0.15, 0.2) is 22.3 Å². The zero-order valence-corrected chi connectivity index (χ0v) is 17.2. The van der Waals surface area contributed by atoms with Crippen LogP contribution in [0.4, 0.5) is 0 Å². The molecule has 0 bridgehead atoms. The molecule has 0 amide bonds. The van der Waals surface area contributed by atoms with E-state index in [-0.39, 0.29) is 40.9 Å². The molecular weight excluding hydrogens is 358 g/mol. The second-order valence-electron chi connectivity index (χ2n) is 4.79. The van der Waals surface area contributed by atoms with E-state index in [0.29, 0.717) is 0 Å². The van der Waals surface area contributed by atoms with E-state index < -0.39 is 17.8 Å². The van der Waals surface area contributed by atoms with E-state index in [2.05, 4.69) is 34.6 Å². The fourth-order valence-corrected chi connectivity index (χ4v) is 7.63.